The van der Waals surface area contributed by atoms with Gasteiger partial charge in [0, 0.05) is 13.1 Å². The lowest BCUT2D eigenvalue weighted by molar-refractivity contribution is -0.145. The van der Waals surface area contributed by atoms with Gasteiger partial charge in [-0.2, -0.15) is 0 Å². The zero-order chi connectivity index (χ0) is 13.5. The van der Waals surface area contributed by atoms with Crippen LogP contribution in [0.5, 0.6) is 0 Å². The maximum absolute atomic E-state index is 11.7. The average molecular weight is 256 g/mol. The number of esters is 1. The maximum Gasteiger partial charge on any atom is 0.310 e. The standard InChI is InChI=1S/C13H24N2O3/c1-10(2)4-6-14-12(16)9-15-7-5-11(8-15)13(17)18-3/h10-11H,4-9H2,1-3H3,(H,14,16). The number of carbonyl (C=O) groups excluding carboxylic acids is 2. The van der Waals surface area contributed by atoms with E-state index in [2.05, 4.69) is 19.2 Å². The van der Waals surface area contributed by atoms with Gasteiger partial charge < -0.3 is 10.1 Å². The van der Waals surface area contributed by atoms with Crippen molar-refractivity contribution in [1.82, 2.24) is 10.2 Å². The molecule has 5 nitrogen and oxygen atoms in total. The molecule has 18 heavy (non-hydrogen) atoms. The van der Waals surface area contributed by atoms with Crippen molar-refractivity contribution >= 4 is 11.9 Å². The fourth-order valence-corrected chi connectivity index (χ4v) is 2.09. The van der Waals surface area contributed by atoms with Crippen LogP contribution < -0.4 is 5.32 Å². The number of rotatable bonds is 6. The van der Waals surface area contributed by atoms with Crippen molar-refractivity contribution < 1.29 is 14.3 Å². The molecule has 1 N–H and O–H groups in total. The summed E-state index contributed by atoms with van der Waals surface area (Å²) < 4.78 is 4.71. The van der Waals surface area contributed by atoms with Gasteiger partial charge in [-0.05, 0) is 25.3 Å². The number of hydrogen-bond donors (Lipinski definition) is 1. The largest absolute Gasteiger partial charge is 0.469 e. The molecule has 0 saturated carbocycles. The number of hydrogen-bond acceptors (Lipinski definition) is 4. The number of amides is 1. The van der Waals surface area contributed by atoms with Crippen LogP contribution in [0.1, 0.15) is 26.7 Å². The Balaban J connectivity index is 2.20. The van der Waals surface area contributed by atoms with Crippen molar-refractivity contribution in [2.24, 2.45) is 11.8 Å². The monoisotopic (exact) mass is 256 g/mol. The molecule has 1 aliphatic heterocycles. The summed E-state index contributed by atoms with van der Waals surface area (Å²) >= 11 is 0. The molecule has 0 aromatic rings. The summed E-state index contributed by atoms with van der Waals surface area (Å²) in [5.41, 5.74) is 0. The topological polar surface area (TPSA) is 58.6 Å². The molecular weight excluding hydrogens is 232 g/mol. The Morgan fingerprint density at radius 3 is 2.78 bits per heavy atom. The molecule has 1 heterocycles. The van der Waals surface area contributed by atoms with Gasteiger partial charge in [-0.25, -0.2) is 0 Å². The molecule has 1 rings (SSSR count). The molecule has 0 aromatic heterocycles. The van der Waals surface area contributed by atoms with E-state index in [4.69, 9.17) is 4.74 Å². The molecule has 1 unspecified atom stereocenters. The highest BCUT2D eigenvalue weighted by Crippen LogP contribution is 2.16. The van der Waals surface area contributed by atoms with Gasteiger partial charge >= 0.3 is 5.97 Å². The summed E-state index contributed by atoms with van der Waals surface area (Å²) in [6.45, 7) is 6.79. The van der Waals surface area contributed by atoms with E-state index in [-0.39, 0.29) is 17.8 Å². The van der Waals surface area contributed by atoms with E-state index in [0.29, 0.717) is 19.0 Å². The van der Waals surface area contributed by atoms with Crippen molar-refractivity contribution in [2.75, 3.05) is 33.3 Å². The Bertz CT molecular complexity index is 292. The van der Waals surface area contributed by atoms with Gasteiger partial charge in [-0.3, -0.25) is 14.5 Å². The van der Waals surface area contributed by atoms with Gasteiger partial charge in [-0.1, -0.05) is 13.8 Å². The van der Waals surface area contributed by atoms with Crippen LogP contribution in [-0.2, 0) is 14.3 Å². The molecule has 1 amide bonds. The van der Waals surface area contributed by atoms with Gasteiger partial charge in [0.05, 0.1) is 19.6 Å². The molecule has 1 atom stereocenters. The maximum atomic E-state index is 11.7. The van der Waals surface area contributed by atoms with Crippen LogP contribution >= 0.6 is 0 Å². The Morgan fingerprint density at radius 1 is 1.44 bits per heavy atom. The summed E-state index contributed by atoms with van der Waals surface area (Å²) in [7, 11) is 1.41. The third-order valence-electron chi connectivity index (χ3n) is 3.22. The molecule has 5 heteroatoms. The second-order valence-corrected chi connectivity index (χ2v) is 5.28. The Labute approximate surface area is 109 Å². The van der Waals surface area contributed by atoms with Crippen molar-refractivity contribution in [1.29, 1.82) is 0 Å². The predicted molar refractivity (Wildman–Crippen MR) is 69.0 cm³/mol. The number of nitrogens with one attached hydrogen (secondary N) is 1. The number of likely N-dealkylation sites (tertiary alicyclic amines) is 1. The Hall–Kier alpha value is -1.10. The van der Waals surface area contributed by atoms with E-state index in [9.17, 15) is 9.59 Å². The summed E-state index contributed by atoms with van der Waals surface area (Å²) in [6, 6.07) is 0. The van der Waals surface area contributed by atoms with Crippen LogP contribution in [0.3, 0.4) is 0 Å². The fourth-order valence-electron chi connectivity index (χ4n) is 2.09. The highest BCUT2D eigenvalue weighted by atomic mass is 16.5. The zero-order valence-corrected chi connectivity index (χ0v) is 11.6. The molecular formula is C13H24N2O3. The number of carbonyl (C=O) groups is 2. The summed E-state index contributed by atoms with van der Waals surface area (Å²) in [4.78, 5) is 25.0. The van der Waals surface area contributed by atoms with Crippen molar-refractivity contribution in [3.63, 3.8) is 0 Å². The lowest BCUT2D eigenvalue weighted by atomic mass is 10.1. The quantitative estimate of drug-likeness (QED) is 0.709. The molecule has 104 valence electrons. The van der Waals surface area contributed by atoms with Gasteiger partial charge in [-0.15, -0.1) is 0 Å². The van der Waals surface area contributed by atoms with Crippen LogP contribution in [0.25, 0.3) is 0 Å². The molecule has 1 saturated heterocycles. The predicted octanol–water partition coefficient (Wildman–Crippen LogP) is 0.644. The first-order chi connectivity index (χ1) is 8.52. The first-order valence-corrected chi connectivity index (χ1v) is 6.59. The van der Waals surface area contributed by atoms with Gasteiger partial charge in [0.1, 0.15) is 0 Å². The van der Waals surface area contributed by atoms with Crippen LogP contribution in [-0.4, -0.2) is 50.1 Å². The van der Waals surface area contributed by atoms with Crippen LogP contribution in [0.4, 0.5) is 0 Å². The Kier molecular flexibility index (Phi) is 6.12. The number of ether oxygens (including phenoxy) is 1. The van der Waals surface area contributed by atoms with Gasteiger partial charge in [0.15, 0.2) is 0 Å². The molecule has 0 bridgehead atoms. The summed E-state index contributed by atoms with van der Waals surface area (Å²) in [5.74, 6) is 0.401. The van der Waals surface area contributed by atoms with Gasteiger partial charge in [0.25, 0.3) is 0 Å². The van der Waals surface area contributed by atoms with Gasteiger partial charge in [0.2, 0.25) is 5.91 Å². The molecule has 1 fully saturated rings. The van der Waals surface area contributed by atoms with Crippen molar-refractivity contribution in [3.8, 4) is 0 Å². The number of methoxy groups -OCH3 is 1. The number of nitrogens with zero attached hydrogens (tertiary/aromatic N) is 1. The highest BCUT2D eigenvalue weighted by molar-refractivity contribution is 5.78. The molecule has 0 aliphatic carbocycles. The first-order valence-electron chi connectivity index (χ1n) is 6.59. The minimum atomic E-state index is -0.169. The first kappa shape index (κ1) is 15.0. The Morgan fingerprint density at radius 2 is 2.17 bits per heavy atom. The molecule has 0 radical (unpaired) electrons. The van der Waals surface area contributed by atoms with E-state index in [1.165, 1.54) is 7.11 Å². The van der Waals surface area contributed by atoms with E-state index >= 15 is 0 Å². The average Bonchev–Trinajstić information content (AvgIpc) is 2.76. The smallest absolute Gasteiger partial charge is 0.310 e. The van der Waals surface area contributed by atoms with E-state index < -0.39 is 0 Å². The van der Waals surface area contributed by atoms with Crippen LogP contribution in [0.15, 0.2) is 0 Å². The van der Waals surface area contributed by atoms with Crippen molar-refractivity contribution in [3.05, 3.63) is 0 Å². The minimum Gasteiger partial charge on any atom is -0.469 e. The third kappa shape index (κ3) is 5.04. The lowest BCUT2D eigenvalue weighted by Gasteiger charge is -2.15. The minimum absolute atomic E-state index is 0.0427. The van der Waals surface area contributed by atoms with E-state index in [1.807, 2.05) is 4.90 Å². The second-order valence-electron chi connectivity index (χ2n) is 5.28. The van der Waals surface area contributed by atoms with E-state index in [1.54, 1.807) is 0 Å². The molecule has 0 aromatic carbocycles. The van der Waals surface area contributed by atoms with Crippen molar-refractivity contribution in [2.45, 2.75) is 26.7 Å². The fraction of sp³-hybridized carbons (Fsp3) is 0.846. The van der Waals surface area contributed by atoms with E-state index in [0.717, 1.165) is 25.9 Å². The molecule has 1 aliphatic rings. The third-order valence-corrected chi connectivity index (χ3v) is 3.22. The summed E-state index contributed by atoms with van der Waals surface area (Å²) in [6.07, 6.45) is 1.78. The highest BCUT2D eigenvalue weighted by Gasteiger charge is 2.29. The zero-order valence-electron chi connectivity index (χ0n) is 11.6. The summed E-state index contributed by atoms with van der Waals surface area (Å²) in [5, 5.41) is 2.90. The normalized spacial score (nSPS) is 20.1. The molecule has 0 spiro atoms. The second kappa shape index (κ2) is 7.36. The lowest BCUT2D eigenvalue weighted by Crippen LogP contribution is -2.37. The van der Waals surface area contributed by atoms with Crippen LogP contribution in [0, 0.1) is 11.8 Å². The van der Waals surface area contributed by atoms with Crippen LogP contribution in [0.2, 0.25) is 0 Å². The SMILES string of the molecule is COC(=O)C1CCN(CC(=O)NCCC(C)C)C1.